The van der Waals surface area contributed by atoms with E-state index in [9.17, 15) is 26.7 Å². The standard InChI is InChI=1S/C16H8F5N3O2/c17-10-5-6-11(12(18)7-10)13(25)22-15-24-23-14(26-15)8-1-3-9(4-2-8)16(19,20)21/h1-7H,(H,22,24,25). The number of rotatable bonds is 3. The molecule has 0 radical (unpaired) electrons. The van der Waals surface area contributed by atoms with E-state index in [1.165, 1.54) is 0 Å². The summed E-state index contributed by atoms with van der Waals surface area (Å²) in [4.78, 5) is 11.9. The molecule has 1 amide bonds. The monoisotopic (exact) mass is 369 g/mol. The molecule has 1 N–H and O–H groups in total. The van der Waals surface area contributed by atoms with Crippen LogP contribution in [0.1, 0.15) is 15.9 Å². The Morgan fingerprint density at radius 3 is 2.31 bits per heavy atom. The minimum atomic E-state index is -4.48. The van der Waals surface area contributed by atoms with Gasteiger partial charge in [0.2, 0.25) is 5.89 Å². The number of hydrogen-bond acceptors (Lipinski definition) is 4. The normalized spacial score (nSPS) is 11.4. The summed E-state index contributed by atoms with van der Waals surface area (Å²) >= 11 is 0. The van der Waals surface area contributed by atoms with E-state index >= 15 is 0 Å². The summed E-state index contributed by atoms with van der Waals surface area (Å²) < 4.78 is 69.1. The summed E-state index contributed by atoms with van der Waals surface area (Å²) in [6, 6.07) is 5.91. The molecule has 1 aromatic heterocycles. The average Bonchev–Trinajstić information content (AvgIpc) is 3.02. The summed E-state index contributed by atoms with van der Waals surface area (Å²) in [6.07, 6.45) is -4.48. The number of carbonyl (C=O) groups excluding carboxylic acids is 1. The molecule has 0 aliphatic carbocycles. The molecule has 0 aliphatic rings. The molecule has 0 saturated carbocycles. The SMILES string of the molecule is O=C(Nc1nnc(-c2ccc(C(F)(F)F)cc2)o1)c1ccc(F)cc1F. The van der Waals surface area contributed by atoms with E-state index in [0.29, 0.717) is 6.07 Å². The van der Waals surface area contributed by atoms with Crippen molar-refractivity contribution in [1.29, 1.82) is 0 Å². The van der Waals surface area contributed by atoms with Crippen molar-refractivity contribution in [2.75, 3.05) is 5.32 Å². The van der Waals surface area contributed by atoms with Crippen molar-refractivity contribution >= 4 is 11.9 Å². The largest absolute Gasteiger partial charge is 0.416 e. The van der Waals surface area contributed by atoms with E-state index in [0.717, 1.165) is 36.4 Å². The highest BCUT2D eigenvalue weighted by atomic mass is 19.4. The number of hydrogen-bond donors (Lipinski definition) is 1. The minimum absolute atomic E-state index is 0.145. The van der Waals surface area contributed by atoms with Crippen LogP contribution in [0.2, 0.25) is 0 Å². The summed E-state index contributed by atoms with van der Waals surface area (Å²) in [6.45, 7) is 0. The van der Waals surface area contributed by atoms with Gasteiger partial charge >= 0.3 is 12.2 Å². The summed E-state index contributed by atoms with van der Waals surface area (Å²) in [5, 5.41) is 9.23. The van der Waals surface area contributed by atoms with Crippen LogP contribution in [-0.4, -0.2) is 16.1 Å². The second kappa shape index (κ2) is 6.54. The van der Waals surface area contributed by atoms with Crippen LogP contribution in [0.4, 0.5) is 28.0 Å². The van der Waals surface area contributed by atoms with E-state index in [1.54, 1.807) is 0 Å². The topological polar surface area (TPSA) is 68.0 Å². The quantitative estimate of drug-likeness (QED) is 0.700. The van der Waals surface area contributed by atoms with E-state index < -0.39 is 40.9 Å². The lowest BCUT2D eigenvalue weighted by Crippen LogP contribution is -2.14. The van der Waals surface area contributed by atoms with E-state index in [-0.39, 0.29) is 11.5 Å². The third-order valence-electron chi connectivity index (χ3n) is 3.28. The van der Waals surface area contributed by atoms with Crippen molar-refractivity contribution in [1.82, 2.24) is 10.2 Å². The summed E-state index contributed by atoms with van der Waals surface area (Å²) in [5.41, 5.74) is -1.10. The highest BCUT2D eigenvalue weighted by molar-refractivity contribution is 6.03. The molecule has 0 saturated heterocycles. The molecule has 0 fully saturated rings. The Hall–Kier alpha value is -3.30. The van der Waals surface area contributed by atoms with Gasteiger partial charge in [0.25, 0.3) is 5.91 Å². The average molecular weight is 369 g/mol. The lowest BCUT2D eigenvalue weighted by Gasteiger charge is -2.05. The van der Waals surface area contributed by atoms with Crippen LogP contribution < -0.4 is 5.32 Å². The van der Waals surface area contributed by atoms with Gasteiger partial charge in [-0.15, -0.1) is 5.10 Å². The van der Waals surface area contributed by atoms with Gasteiger partial charge < -0.3 is 4.42 Å². The molecule has 3 rings (SSSR count). The number of nitrogens with zero attached hydrogens (tertiary/aromatic N) is 2. The van der Waals surface area contributed by atoms with Crippen molar-refractivity contribution in [3.8, 4) is 11.5 Å². The number of amides is 1. The number of halogens is 5. The Balaban J connectivity index is 1.76. The molecule has 2 aromatic carbocycles. The number of alkyl halides is 3. The number of benzene rings is 2. The molecule has 0 atom stereocenters. The third-order valence-corrected chi connectivity index (χ3v) is 3.28. The Morgan fingerprint density at radius 1 is 1.00 bits per heavy atom. The maximum atomic E-state index is 13.5. The highest BCUT2D eigenvalue weighted by Gasteiger charge is 2.30. The molecule has 134 valence electrons. The first-order valence-electron chi connectivity index (χ1n) is 7.01. The number of nitrogens with one attached hydrogen (secondary N) is 1. The van der Waals surface area contributed by atoms with Crippen molar-refractivity contribution in [3.05, 3.63) is 65.2 Å². The zero-order chi connectivity index (χ0) is 18.9. The molecule has 1 heterocycles. The van der Waals surface area contributed by atoms with Gasteiger partial charge in [0.05, 0.1) is 11.1 Å². The first-order valence-corrected chi connectivity index (χ1v) is 7.01. The first-order chi connectivity index (χ1) is 12.2. The fourth-order valence-corrected chi connectivity index (χ4v) is 2.03. The number of anilines is 1. The Morgan fingerprint density at radius 2 is 1.69 bits per heavy atom. The lowest BCUT2D eigenvalue weighted by molar-refractivity contribution is -0.137. The van der Waals surface area contributed by atoms with Gasteiger partial charge in [-0.05, 0) is 36.4 Å². The molecule has 0 aliphatic heterocycles. The maximum absolute atomic E-state index is 13.5. The highest BCUT2D eigenvalue weighted by Crippen LogP contribution is 2.31. The van der Waals surface area contributed by atoms with E-state index in [2.05, 4.69) is 15.5 Å². The van der Waals surface area contributed by atoms with Gasteiger partial charge in [0.1, 0.15) is 11.6 Å². The minimum Gasteiger partial charge on any atom is -0.403 e. The molecule has 0 bridgehead atoms. The van der Waals surface area contributed by atoms with Crippen LogP contribution in [0, 0.1) is 11.6 Å². The number of aromatic nitrogens is 2. The van der Waals surface area contributed by atoms with Crippen molar-refractivity contribution < 1.29 is 31.2 Å². The third kappa shape index (κ3) is 3.68. The van der Waals surface area contributed by atoms with Gasteiger partial charge in [-0.2, -0.15) is 13.2 Å². The van der Waals surface area contributed by atoms with Crippen LogP contribution in [0.5, 0.6) is 0 Å². The fourth-order valence-electron chi connectivity index (χ4n) is 2.03. The Bertz CT molecular complexity index is 951. The first kappa shape index (κ1) is 17.5. The zero-order valence-electron chi connectivity index (χ0n) is 12.6. The molecular formula is C16H8F5N3O2. The number of carbonyl (C=O) groups is 1. The lowest BCUT2D eigenvalue weighted by atomic mass is 10.1. The predicted molar refractivity (Wildman–Crippen MR) is 79.0 cm³/mol. The van der Waals surface area contributed by atoms with E-state index in [4.69, 9.17) is 4.42 Å². The second-order valence-electron chi connectivity index (χ2n) is 5.07. The van der Waals surface area contributed by atoms with Gasteiger partial charge in [-0.1, -0.05) is 5.10 Å². The fraction of sp³-hybridized carbons (Fsp3) is 0.0625. The van der Waals surface area contributed by atoms with E-state index in [1.807, 2.05) is 0 Å². The summed E-state index contributed by atoms with van der Waals surface area (Å²) in [7, 11) is 0. The molecule has 5 nitrogen and oxygen atoms in total. The molecule has 10 heteroatoms. The Kier molecular flexibility index (Phi) is 4.41. The van der Waals surface area contributed by atoms with Crippen molar-refractivity contribution in [2.24, 2.45) is 0 Å². The smallest absolute Gasteiger partial charge is 0.403 e. The van der Waals surface area contributed by atoms with Gasteiger partial charge in [-0.3, -0.25) is 10.1 Å². The maximum Gasteiger partial charge on any atom is 0.416 e. The van der Waals surface area contributed by atoms with Crippen LogP contribution in [0.3, 0.4) is 0 Å². The van der Waals surface area contributed by atoms with Crippen LogP contribution in [0.15, 0.2) is 46.9 Å². The molecular weight excluding hydrogens is 361 g/mol. The van der Waals surface area contributed by atoms with Crippen molar-refractivity contribution in [2.45, 2.75) is 6.18 Å². The second-order valence-corrected chi connectivity index (χ2v) is 5.07. The molecule has 26 heavy (non-hydrogen) atoms. The molecule has 0 spiro atoms. The van der Waals surface area contributed by atoms with Crippen LogP contribution in [0.25, 0.3) is 11.5 Å². The van der Waals surface area contributed by atoms with Crippen molar-refractivity contribution in [3.63, 3.8) is 0 Å². The zero-order valence-corrected chi connectivity index (χ0v) is 12.6. The van der Waals surface area contributed by atoms with Gasteiger partial charge in [-0.25, -0.2) is 8.78 Å². The summed E-state index contributed by atoms with van der Waals surface area (Å²) in [5.74, 6) is -3.02. The Labute approximate surface area is 142 Å². The van der Waals surface area contributed by atoms with Crippen LogP contribution in [-0.2, 0) is 6.18 Å². The van der Waals surface area contributed by atoms with Crippen LogP contribution >= 0.6 is 0 Å². The molecule has 0 unspecified atom stereocenters. The van der Waals surface area contributed by atoms with Gasteiger partial charge in [0.15, 0.2) is 0 Å². The predicted octanol–water partition coefficient (Wildman–Crippen LogP) is 4.29. The molecule has 3 aromatic rings. The van der Waals surface area contributed by atoms with Gasteiger partial charge in [0, 0.05) is 11.6 Å².